The maximum absolute atomic E-state index is 11.1. The lowest BCUT2D eigenvalue weighted by Gasteiger charge is -2.19. The smallest absolute Gasteiger partial charge is 0.336 e. The van der Waals surface area contributed by atoms with Crippen LogP contribution in [0.1, 0.15) is 27.6 Å². The van der Waals surface area contributed by atoms with Crippen LogP contribution in [0.4, 0.5) is 0 Å². The Hall–Kier alpha value is -1.43. The molecule has 2 unspecified atom stereocenters. The third kappa shape index (κ3) is 3.26. The van der Waals surface area contributed by atoms with Gasteiger partial charge in [-0.1, -0.05) is 17.7 Å². The summed E-state index contributed by atoms with van der Waals surface area (Å²) in [4.78, 5) is 11.1. The molecular weight excluding hydrogens is 222 g/mol. The molecular formula is C12H17NO4. The summed E-state index contributed by atoms with van der Waals surface area (Å²) in [5.41, 5.74) is 1.04. The van der Waals surface area contributed by atoms with Crippen molar-refractivity contribution in [2.75, 3.05) is 13.6 Å². The first-order valence-electron chi connectivity index (χ1n) is 5.32. The molecule has 94 valence electrons. The van der Waals surface area contributed by atoms with Crippen molar-refractivity contribution in [2.45, 2.75) is 19.1 Å². The van der Waals surface area contributed by atoms with Crippen LogP contribution in [-0.4, -0.2) is 41.0 Å². The van der Waals surface area contributed by atoms with E-state index in [1.165, 1.54) is 12.1 Å². The van der Waals surface area contributed by atoms with E-state index in [-0.39, 0.29) is 17.7 Å². The fraction of sp³-hybridized carbons (Fsp3) is 0.417. The predicted molar refractivity (Wildman–Crippen MR) is 63.0 cm³/mol. The highest BCUT2D eigenvalue weighted by molar-refractivity contribution is 5.89. The molecule has 0 aliphatic carbocycles. The van der Waals surface area contributed by atoms with Gasteiger partial charge in [-0.3, -0.25) is 0 Å². The van der Waals surface area contributed by atoms with Gasteiger partial charge in [0.2, 0.25) is 0 Å². The number of rotatable bonds is 5. The number of carbonyl (C=O) groups is 1. The van der Waals surface area contributed by atoms with Gasteiger partial charge in [0.15, 0.2) is 0 Å². The number of nitrogens with one attached hydrogen (secondary N) is 1. The second-order valence-corrected chi connectivity index (χ2v) is 3.97. The lowest BCUT2D eigenvalue weighted by Crippen LogP contribution is -2.30. The Balaban J connectivity index is 3.08. The van der Waals surface area contributed by atoms with E-state index in [0.29, 0.717) is 0 Å². The molecule has 1 aromatic carbocycles. The van der Waals surface area contributed by atoms with Crippen LogP contribution >= 0.6 is 0 Å². The number of carboxylic acid groups (broad SMARTS) is 1. The molecule has 0 bridgehead atoms. The zero-order valence-corrected chi connectivity index (χ0v) is 9.84. The molecule has 0 saturated heterocycles. The summed E-state index contributed by atoms with van der Waals surface area (Å²) in [5.74, 6) is -1.11. The lowest BCUT2D eigenvalue weighted by atomic mass is 9.97. The Morgan fingerprint density at radius 1 is 1.41 bits per heavy atom. The van der Waals surface area contributed by atoms with E-state index in [1.807, 2.05) is 0 Å². The van der Waals surface area contributed by atoms with Crippen LogP contribution < -0.4 is 5.32 Å². The first kappa shape index (κ1) is 13.6. The fourth-order valence-electron chi connectivity index (χ4n) is 1.64. The standard InChI is InChI=1S/C12H17NO4/c1-7-3-4-8(9(5-7)12(16)17)11(15)10(14)6-13-2/h3-5,10-11,13-15H,6H2,1-2H3,(H,16,17). The normalized spacial score (nSPS) is 14.4. The van der Waals surface area contributed by atoms with E-state index < -0.39 is 18.2 Å². The number of carboxylic acids is 1. The monoisotopic (exact) mass is 239 g/mol. The quantitative estimate of drug-likeness (QED) is 0.593. The maximum atomic E-state index is 11.1. The van der Waals surface area contributed by atoms with Crippen LogP contribution in [0.3, 0.4) is 0 Å². The number of hydrogen-bond acceptors (Lipinski definition) is 4. The van der Waals surface area contributed by atoms with E-state index >= 15 is 0 Å². The third-order valence-electron chi connectivity index (χ3n) is 2.54. The Morgan fingerprint density at radius 3 is 2.59 bits per heavy atom. The highest BCUT2D eigenvalue weighted by atomic mass is 16.4. The predicted octanol–water partition coefficient (Wildman–Crippen LogP) is 0.307. The van der Waals surface area contributed by atoms with Crippen LogP contribution in [-0.2, 0) is 0 Å². The largest absolute Gasteiger partial charge is 0.478 e. The van der Waals surface area contributed by atoms with Gasteiger partial charge in [0, 0.05) is 6.54 Å². The van der Waals surface area contributed by atoms with Gasteiger partial charge in [-0.15, -0.1) is 0 Å². The molecule has 17 heavy (non-hydrogen) atoms. The molecule has 2 atom stereocenters. The van der Waals surface area contributed by atoms with Crippen molar-refractivity contribution in [1.82, 2.24) is 5.32 Å². The van der Waals surface area contributed by atoms with Gasteiger partial charge in [0.05, 0.1) is 11.7 Å². The van der Waals surface area contributed by atoms with Crippen LogP contribution in [0.5, 0.6) is 0 Å². The van der Waals surface area contributed by atoms with Crippen LogP contribution in [0.25, 0.3) is 0 Å². The van der Waals surface area contributed by atoms with Crippen molar-refractivity contribution in [3.05, 3.63) is 34.9 Å². The van der Waals surface area contributed by atoms with Crippen molar-refractivity contribution in [1.29, 1.82) is 0 Å². The van der Waals surface area contributed by atoms with Gasteiger partial charge in [0.1, 0.15) is 6.10 Å². The molecule has 0 radical (unpaired) electrons. The van der Waals surface area contributed by atoms with E-state index in [0.717, 1.165) is 5.56 Å². The highest BCUT2D eigenvalue weighted by Gasteiger charge is 2.23. The first-order chi connectivity index (χ1) is 7.97. The molecule has 0 aromatic heterocycles. The number of likely N-dealkylation sites (N-methyl/N-ethyl adjacent to an activating group) is 1. The highest BCUT2D eigenvalue weighted by Crippen LogP contribution is 2.22. The first-order valence-corrected chi connectivity index (χ1v) is 5.32. The molecule has 0 aliphatic rings. The summed E-state index contributed by atoms with van der Waals surface area (Å²) in [6, 6.07) is 4.71. The summed E-state index contributed by atoms with van der Waals surface area (Å²) in [5, 5.41) is 31.3. The third-order valence-corrected chi connectivity index (χ3v) is 2.54. The molecule has 0 heterocycles. The zero-order chi connectivity index (χ0) is 13.0. The van der Waals surface area contributed by atoms with Gasteiger partial charge in [-0.25, -0.2) is 4.79 Å². The van der Waals surface area contributed by atoms with Crippen molar-refractivity contribution >= 4 is 5.97 Å². The van der Waals surface area contributed by atoms with Crippen LogP contribution in [0.2, 0.25) is 0 Å². The van der Waals surface area contributed by atoms with Crippen LogP contribution in [0, 0.1) is 6.92 Å². The van der Waals surface area contributed by atoms with E-state index in [2.05, 4.69) is 5.32 Å². The summed E-state index contributed by atoms with van der Waals surface area (Å²) >= 11 is 0. The zero-order valence-electron chi connectivity index (χ0n) is 9.84. The van der Waals surface area contributed by atoms with Gasteiger partial charge in [-0.05, 0) is 25.6 Å². The van der Waals surface area contributed by atoms with Gasteiger partial charge < -0.3 is 20.6 Å². The average Bonchev–Trinajstić information content (AvgIpc) is 2.28. The van der Waals surface area contributed by atoms with Crippen molar-refractivity contribution in [2.24, 2.45) is 0 Å². The molecule has 0 fully saturated rings. The minimum absolute atomic E-state index is 0.0210. The van der Waals surface area contributed by atoms with E-state index in [9.17, 15) is 15.0 Å². The fourth-order valence-corrected chi connectivity index (χ4v) is 1.64. The van der Waals surface area contributed by atoms with E-state index in [4.69, 9.17) is 5.11 Å². The van der Waals surface area contributed by atoms with Gasteiger partial charge in [0.25, 0.3) is 0 Å². The molecule has 5 heteroatoms. The number of hydrogen-bond donors (Lipinski definition) is 4. The second-order valence-electron chi connectivity index (χ2n) is 3.97. The lowest BCUT2D eigenvalue weighted by molar-refractivity contribution is 0.0192. The molecule has 1 aromatic rings. The molecule has 4 N–H and O–H groups in total. The topological polar surface area (TPSA) is 89.8 Å². The summed E-state index contributed by atoms with van der Waals surface area (Å²) in [7, 11) is 1.64. The molecule has 0 spiro atoms. The summed E-state index contributed by atoms with van der Waals surface area (Å²) in [6.07, 6.45) is -2.25. The minimum Gasteiger partial charge on any atom is -0.478 e. The number of aryl methyl sites for hydroxylation is 1. The van der Waals surface area contributed by atoms with Gasteiger partial charge in [-0.2, -0.15) is 0 Å². The van der Waals surface area contributed by atoms with E-state index in [1.54, 1.807) is 20.0 Å². The minimum atomic E-state index is -1.21. The molecule has 0 aliphatic heterocycles. The second kappa shape index (κ2) is 5.77. The summed E-state index contributed by atoms with van der Waals surface area (Å²) < 4.78 is 0. The molecule has 0 saturated carbocycles. The van der Waals surface area contributed by atoms with Crippen molar-refractivity contribution in [3.63, 3.8) is 0 Å². The van der Waals surface area contributed by atoms with Gasteiger partial charge >= 0.3 is 5.97 Å². The molecule has 0 amide bonds. The number of aliphatic hydroxyl groups is 2. The average molecular weight is 239 g/mol. The van der Waals surface area contributed by atoms with Crippen molar-refractivity contribution < 1.29 is 20.1 Å². The Morgan fingerprint density at radius 2 is 2.06 bits per heavy atom. The molecule has 1 rings (SSSR count). The number of aliphatic hydroxyl groups excluding tert-OH is 2. The van der Waals surface area contributed by atoms with Crippen LogP contribution in [0.15, 0.2) is 18.2 Å². The molecule has 5 nitrogen and oxygen atoms in total. The number of benzene rings is 1. The number of aromatic carboxylic acids is 1. The summed E-state index contributed by atoms with van der Waals surface area (Å²) in [6.45, 7) is 1.96. The Labute approximate surface area is 99.7 Å². The SMILES string of the molecule is CNCC(O)C(O)c1ccc(C)cc1C(=O)O. The maximum Gasteiger partial charge on any atom is 0.336 e. The Kier molecular flexibility index (Phi) is 4.62. The van der Waals surface area contributed by atoms with Crippen molar-refractivity contribution in [3.8, 4) is 0 Å². The Bertz CT molecular complexity index is 405.